The summed E-state index contributed by atoms with van der Waals surface area (Å²) in [6, 6.07) is 6.62. The summed E-state index contributed by atoms with van der Waals surface area (Å²) in [6.45, 7) is 0.757. The summed E-state index contributed by atoms with van der Waals surface area (Å²) in [7, 11) is 1.88. The van der Waals surface area contributed by atoms with Crippen LogP contribution in [-0.2, 0) is 6.42 Å². The number of likely N-dealkylation sites (N-methyl/N-ethyl adjacent to an activating group) is 1. The van der Waals surface area contributed by atoms with Gasteiger partial charge in [-0.15, -0.1) is 11.3 Å². The van der Waals surface area contributed by atoms with E-state index in [1.54, 1.807) is 11.3 Å². The van der Waals surface area contributed by atoms with E-state index in [0.717, 1.165) is 23.1 Å². The SMILES string of the molecule is CN(CCc1cccs1)C(=O)c1cc(Br)cn1C1CC1. The summed E-state index contributed by atoms with van der Waals surface area (Å²) in [5.41, 5.74) is 0.799. The summed E-state index contributed by atoms with van der Waals surface area (Å²) in [5, 5.41) is 2.08. The van der Waals surface area contributed by atoms with Crippen molar-refractivity contribution in [2.24, 2.45) is 0 Å². The van der Waals surface area contributed by atoms with E-state index in [1.165, 1.54) is 17.7 Å². The molecule has 0 saturated heterocycles. The Balaban J connectivity index is 1.68. The zero-order chi connectivity index (χ0) is 14.1. The predicted molar refractivity (Wildman–Crippen MR) is 85.4 cm³/mol. The number of amides is 1. The van der Waals surface area contributed by atoms with Crippen LogP contribution in [-0.4, -0.2) is 29.0 Å². The third kappa shape index (κ3) is 2.99. The number of hydrogen-bond donors (Lipinski definition) is 0. The van der Waals surface area contributed by atoms with E-state index in [-0.39, 0.29) is 5.91 Å². The standard InChI is InChI=1S/C15H17BrN2OS/c1-17(7-6-13-3-2-8-20-13)15(19)14-9-11(16)10-18(14)12-4-5-12/h2-3,8-10,12H,4-7H2,1H3. The minimum Gasteiger partial charge on any atom is -0.340 e. The van der Waals surface area contributed by atoms with Crippen LogP contribution >= 0.6 is 27.3 Å². The number of nitrogens with zero attached hydrogens (tertiary/aromatic N) is 2. The molecule has 0 unspecified atom stereocenters. The van der Waals surface area contributed by atoms with Gasteiger partial charge in [0.1, 0.15) is 5.69 Å². The van der Waals surface area contributed by atoms with E-state index in [1.807, 2.05) is 24.2 Å². The number of halogens is 1. The van der Waals surface area contributed by atoms with Crippen LogP contribution in [0.3, 0.4) is 0 Å². The number of carbonyl (C=O) groups is 1. The molecule has 20 heavy (non-hydrogen) atoms. The van der Waals surface area contributed by atoms with Crippen molar-refractivity contribution < 1.29 is 4.79 Å². The predicted octanol–water partition coefficient (Wildman–Crippen LogP) is 3.96. The van der Waals surface area contributed by atoms with Crippen LogP contribution in [0.2, 0.25) is 0 Å². The molecular weight excluding hydrogens is 336 g/mol. The Morgan fingerprint density at radius 1 is 1.55 bits per heavy atom. The first-order valence-electron chi connectivity index (χ1n) is 6.80. The zero-order valence-corrected chi connectivity index (χ0v) is 13.8. The molecule has 1 amide bonds. The van der Waals surface area contributed by atoms with Crippen LogP contribution in [0.5, 0.6) is 0 Å². The Hall–Kier alpha value is -1.07. The van der Waals surface area contributed by atoms with Crippen LogP contribution in [0.1, 0.15) is 34.2 Å². The zero-order valence-electron chi connectivity index (χ0n) is 11.4. The summed E-state index contributed by atoms with van der Waals surface area (Å²) in [4.78, 5) is 15.7. The van der Waals surface area contributed by atoms with Gasteiger partial charge in [0.25, 0.3) is 5.91 Å². The lowest BCUT2D eigenvalue weighted by molar-refractivity contribution is 0.0786. The molecule has 2 aromatic rings. The van der Waals surface area contributed by atoms with Gasteiger partial charge in [-0.2, -0.15) is 0 Å². The molecule has 0 bridgehead atoms. The molecule has 1 saturated carbocycles. The molecule has 0 aromatic carbocycles. The fourth-order valence-corrected chi connectivity index (χ4v) is 3.44. The molecule has 2 aromatic heterocycles. The van der Waals surface area contributed by atoms with Crippen molar-refractivity contribution in [3.05, 3.63) is 44.8 Å². The Bertz CT molecular complexity index is 601. The minimum atomic E-state index is 0.110. The molecule has 106 valence electrons. The van der Waals surface area contributed by atoms with E-state index in [2.05, 4.69) is 38.0 Å². The van der Waals surface area contributed by atoms with Crippen molar-refractivity contribution in [1.82, 2.24) is 9.47 Å². The smallest absolute Gasteiger partial charge is 0.270 e. The van der Waals surface area contributed by atoms with Gasteiger partial charge in [0.2, 0.25) is 0 Å². The van der Waals surface area contributed by atoms with E-state index >= 15 is 0 Å². The largest absolute Gasteiger partial charge is 0.340 e. The molecule has 0 N–H and O–H groups in total. The maximum absolute atomic E-state index is 12.6. The number of aromatic nitrogens is 1. The second kappa shape index (κ2) is 5.74. The monoisotopic (exact) mass is 352 g/mol. The fourth-order valence-electron chi connectivity index (χ4n) is 2.30. The highest BCUT2D eigenvalue weighted by atomic mass is 79.9. The Kier molecular flexibility index (Phi) is 3.98. The van der Waals surface area contributed by atoms with Crippen LogP contribution in [0, 0.1) is 0 Å². The first-order valence-corrected chi connectivity index (χ1v) is 8.47. The van der Waals surface area contributed by atoms with Crippen LogP contribution in [0.4, 0.5) is 0 Å². The van der Waals surface area contributed by atoms with E-state index in [9.17, 15) is 4.79 Å². The molecule has 3 rings (SSSR count). The molecule has 1 fully saturated rings. The molecule has 0 spiro atoms. The highest BCUT2D eigenvalue weighted by Gasteiger charge is 2.28. The number of carbonyl (C=O) groups excluding carboxylic acids is 1. The lowest BCUT2D eigenvalue weighted by Crippen LogP contribution is -2.30. The van der Waals surface area contributed by atoms with Gasteiger partial charge in [0, 0.05) is 35.2 Å². The third-order valence-electron chi connectivity index (χ3n) is 3.59. The van der Waals surface area contributed by atoms with E-state index < -0.39 is 0 Å². The lowest BCUT2D eigenvalue weighted by atomic mass is 10.3. The van der Waals surface area contributed by atoms with Crippen molar-refractivity contribution in [2.75, 3.05) is 13.6 Å². The Labute approximate surface area is 131 Å². The van der Waals surface area contributed by atoms with Crippen LogP contribution in [0.25, 0.3) is 0 Å². The lowest BCUT2D eigenvalue weighted by Gasteiger charge is -2.18. The Morgan fingerprint density at radius 2 is 2.35 bits per heavy atom. The quantitative estimate of drug-likeness (QED) is 0.799. The molecule has 0 aliphatic heterocycles. The maximum Gasteiger partial charge on any atom is 0.270 e. The molecule has 0 atom stereocenters. The Morgan fingerprint density at radius 3 is 3.00 bits per heavy atom. The van der Waals surface area contributed by atoms with Gasteiger partial charge in [-0.25, -0.2) is 0 Å². The third-order valence-corrected chi connectivity index (χ3v) is 4.96. The number of thiophene rings is 1. The van der Waals surface area contributed by atoms with Crippen molar-refractivity contribution in [2.45, 2.75) is 25.3 Å². The maximum atomic E-state index is 12.6. The van der Waals surface area contributed by atoms with Gasteiger partial charge in [-0.3, -0.25) is 4.79 Å². The minimum absolute atomic E-state index is 0.110. The number of hydrogen-bond acceptors (Lipinski definition) is 2. The average molecular weight is 353 g/mol. The first kappa shape index (κ1) is 13.9. The van der Waals surface area contributed by atoms with Crippen molar-refractivity contribution in [3.63, 3.8) is 0 Å². The van der Waals surface area contributed by atoms with Crippen molar-refractivity contribution in [1.29, 1.82) is 0 Å². The highest BCUT2D eigenvalue weighted by Crippen LogP contribution is 2.37. The van der Waals surface area contributed by atoms with Gasteiger partial charge in [-0.05, 0) is 52.7 Å². The second-order valence-electron chi connectivity index (χ2n) is 5.24. The topological polar surface area (TPSA) is 25.2 Å². The van der Waals surface area contributed by atoms with Gasteiger partial charge in [-0.1, -0.05) is 6.07 Å². The fraction of sp³-hybridized carbons (Fsp3) is 0.400. The van der Waals surface area contributed by atoms with E-state index in [0.29, 0.717) is 6.04 Å². The van der Waals surface area contributed by atoms with Gasteiger partial charge >= 0.3 is 0 Å². The summed E-state index contributed by atoms with van der Waals surface area (Å²) < 4.78 is 3.10. The van der Waals surface area contributed by atoms with Crippen molar-refractivity contribution >= 4 is 33.2 Å². The highest BCUT2D eigenvalue weighted by molar-refractivity contribution is 9.10. The van der Waals surface area contributed by atoms with Crippen LogP contribution < -0.4 is 0 Å². The van der Waals surface area contributed by atoms with Crippen molar-refractivity contribution in [3.8, 4) is 0 Å². The normalized spacial score (nSPS) is 14.5. The summed E-state index contributed by atoms with van der Waals surface area (Å²) in [6.07, 6.45) is 5.31. The molecule has 1 aliphatic rings. The van der Waals surface area contributed by atoms with Gasteiger partial charge in [0.05, 0.1) is 0 Å². The van der Waals surface area contributed by atoms with Crippen LogP contribution in [0.15, 0.2) is 34.2 Å². The summed E-state index contributed by atoms with van der Waals surface area (Å²) in [5.74, 6) is 0.110. The molecule has 2 heterocycles. The molecule has 5 heteroatoms. The molecule has 3 nitrogen and oxygen atoms in total. The van der Waals surface area contributed by atoms with Gasteiger partial charge < -0.3 is 9.47 Å². The summed E-state index contributed by atoms with van der Waals surface area (Å²) >= 11 is 5.22. The number of rotatable bonds is 5. The molecule has 1 aliphatic carbocycles. The second-order valence-corrected chi connectivity index (χ2v) is 7.19. The first-order chi connectivity index (χ1) is 9.65. The average Bonchev–Trinajstić information content (AvgIpc) is 3.00. The van der Waals surface area contributed by atoms with Gasteiger partial charge in [0.15, 0.2) is 0 Å². The van der Waals surface area contributed by atoms with E-state index in [4.69, 9.17) is 0 Å². The molecule has 0 radical (unpaired) electrons. The molecular formula is C15H17BrN2OS.